The van der Waals surface area contributed by atoms with Crippen molar-refractivity contribution in [1.82, 2.24) is 0 Å². The van der Waals surface area contributed by atoms with Gasteiger partial charge >= 0.3 is 11.9 Å². The van der Waals surface area contributed by atoms with Crippen LogP contribution in [0, 0.1) is 28.6 Å². The van der Waals surface area contributed by atoms with Crippen LogP contribution in [0.1, 0.15) is 55.4 Å². The summed E-state index contributed by atoms with van der Waals surface area (Å²) in [6.45, 7) is 14.4. The highest BCUT2D eigenvalue weighted by Crippen LogP contribution is 2.71. The van der Waals surface area contributed by atoms with Gasteiger partial charge in [0.25, 0.3) is 0 Å². The van der Waals surface area contributed by atoms with Gasteiger partial charge in [-0.1, -0.05) is 38.5 Å². The topological polar surface area (TPSA) is 89.9 Å². The molecular formula is C25H34O6. The molecule has 0 aromatic carbocycles. The standard InChI is InChI=1S/C25H34O6/c1-9-12(3)22(28)30-19-20(27)25(8)16-14(5)11-15(26)17(25)18(16)24(6,7)21(19)31-23(29)13(4)10-2/h9-11,16-21,27H,1-8H3/b12-9+,13-10-/t16-,17+,18-,19-,20+,21+,25+/m0/s1. The average molecular weight is 431 g/mol. The maximum Gasteiger partial charge on any atom is 0.333 e. The van der Waals surface area contributed by atoms with Gasteiger partial charge in [-0.2, -0.15) is 0 Å². The van der Waals surface area contributed by atoms with Crippen LogP contribution >= 0.6 is 0 Å². The zero-order valence-electron chi connectivity index (χ0n) is 19.7. The molecule has 170 valence electrons. The molecule has 0 aromatic heterocycles. The van der Waals surface area contributed by atoms with E-state index in [9.17, 15) is 19.5 Å². The Morgan fingerprint density at radius 1 is 1.00 bits per heavy atom. The van der Waals surface area contributed by atoms with E-state index in [1.54, 1.807) is 45.9 Å². The van der Waals surface area contributed by atoms with Crippen LogP contribution in [-0.4, -0.2) is 41.1 Å². The van der Waals surface area contributed by atoms with Crippen LogP contribution < -0.4 is 0 Å². The fraction of sp³-hybridized carbons (Fsp3) is 0.640. The molecule has 7 atom stereocenters. The highest BCUT2D eigenvalue weighted by molar-refractivity contribution is 5.97. The summed E-state index contributed by atoms with van der Waals surface area (Å²) in [7, 11) is 0. The molecule has 0 radical (unpaired) electrons. The Morgan fingerprint density at radius 2 is 1.52 bits per heavy atom. The van der Waals surface area contributed by atoms with Crippen molar-refractivity contribution in [2.45, 2.75) is 73.7 Å². The second kappa shape index (κ2) is 7.73. The molecule has 0 saturated heterocycles. The van der Waals surface area contributed by atoms with Crippen LogP contribution in [-0.2, 0) is 23.9 Å². The van der Waals surface area contributed by atoms with Crippen molar-refractivity contribution in [2.24, 2.45) is 28.6 Å². The molecule has 6 nitrogen and oxygen atoms in total. The lowest BCUT2D eigenvalue weighted by atomic mass is 9.37. The monoisotopic (exact) mass is 430 g/mol. The van der Waals surface area contributed by atoms with Gasteiger partial charge in [-0.15, -0.1) is 0 Å². The van der Waals surface area contributed by atoms with E-state index in [1.807, 2.05) is 27.7 Å². The van der Waals surface area contributed by atoms with E-state index in [0.717, 1.165) is 5.57 Å². The fourth-order valence-electron chi connectivity index (χ4n) is 6.07. The number of aliphatic hydroxyl groups is 1. The second-order valence-electron chi connectivity index (χ2n) is 10.0. The SMILES string of the molecule is C/C=C(/C)C(=O)O[C@@H]1[C@@H](OC(=O)/C(C)=C/C)[C@@H](O)[C@@]2(C)[C@@H]3C(=O)C=C(C)[C@H]2[C@@H]3C1(C)C. The van der Waals surface area contributed by atoms with E-state index >= 15 is 0 Å². The molecule has 4 rings (SSSR count). The minimum Gasteiger partial charge on any atom is -0.454 e. The minimum absolute atomic E-state index is 0.0223. The number of ether oxygens (including phenoxy) is 2. The third-order valence-corrected chi connectivity index (χ3v) is 8.05. The average Bonchev–Trinajstić information content (AvgIpc) is 2.78. The number of fused-ring (bicyclic) bond motifs is 3. The van der Waals surface area contributed by atoms with E-state index in [1.165, 1.54) is 0 Å². The zero-order chi connectivity index (χ0) is 23.5. The van der Waals surface area contributed by atoms with E-state index in [0.29, 0.717) is 11.1 Å². The second-order valence-corrected chi connectivity index (χ2v) is 10.0. The largest absolute Gasteiger partial charge is 0.454 e. The summed E-state index contributed by atoms with van der Waals surface area (Å²) in [5.74, 6) is -1.72. The molecule has 4 aliphatic rings. The third kappa shape index (κ3) is 3.22. The molecule has 0 aliphatic heterocycles. The Morgan fingerprint density at radius 3 is 2.00 bits per heavy atom. The van der Waals surface area contributed by atoms with Crippen LogP contribution in [0.2, 0.25) is 0 Å². The Labute approximate surface area is 184 Å². The van der Waals surface area contributed by atoms with Gasteiger partial charge in [0.15, 0.2) is 11.9 Å². The highest BCUT2D eigenvalue weighted by Gasteiger charge is 2.76. The van der Waals surface area contributed by atoms with Gasteiger partial charge < -0.3 is 14.6 Å². The van der Waals surface area contributed by atoms with Gasteiger partial charge in [-0.05, 0) is 52.5 Å². The third-order valence-electron chi connectivity index (χ3n) is 8.05. The molecular weight excluding hydrogens is 396 g/mol. The summed E-state index contributed by atoms with van der Waals surface area (Å²) in [6.07, 6.45) is 1.79. The first kappa shape index (κ1) is 23.5. The Bertz CT molecular complexity index is 907. The summed E-state index contributed by atoms with van der Waals surface area (Å²) >= 11 is 0. The Kier molecular flexibility index (Phi) is 5.85. The summed E-state index contributed by atoms with van der Waals surface area (Å²) in [6, 6.07) is 0. The smallest absolute Gasteiger partial charge is 0.333 e. The van der Waals surface area contributed by atoms with Gasteiger partial charge in [-0.3, -0.25) is 4.79 Å². The molecule has 0 heterocycles. The van der Waals surface area contributed by atoms with E-state index in [2.05, 4.69) is 0 Å². The van der Waals surface area contributed by atoms with Crippen LogP contribution in [0.4, 0.5) is 0 Å². The highest BCUT2D eigenvalue weighted by atomic mass is 16.6. The van der Waals surface area contributed by atoms with Gasteiger partial charge in [-0.25, -0.2) is 9.59 Å². The van der Waals surface area contributed by atoms with Crippen LogP contribution in [0.15, 0.2) is 34.9 Å². The normalized spacial score (nSPS) is 39.1. The maximum absolute atomic E-state index is 13.0. The summed E-state index contributed by atoms with van der Waals surface area (Å²) in [5.41, 5.74) is 0.238. The van der Waals surface area contributed by atoms with E-state index < -0.39 is 47.0 Å². The van der Waals surface area contributed by atoms with Crippen LogP contribution in [0.25, 0.3) is 0 Å². The lowest BCUT2D eigenvalue weighted by molar-refractivity contribution is -0.199. The van der Waals surface area contributed by atoms with Crippen molar-refractivity contribution in [2.75, 3.05) is 0 Å². The first-order chi connectivity index (χ1) is 14.3. The van der Waals surface area contributed by atoms with Crippen molar-refractivity contribution in [3.8, 4) is 0 Å². The Hall–Kier alpha value is -2.21. The van der Waals surface area contributed by atoms with Crippen molar-refractivity contribution in [3.63, 3.8) is 0 Å². The van der Waals surface area contributed by atoms with Gasteiger partial charge in [0.2, 0.25) is 0 Å². The molecule has 3 saturated carbocycles. The number of aliphatic hydroxyl groups excluding tert-OH is 1. The summed E-state index contributed by atoms with van der Waals surface area (Å²) < 4.78 is 11.7. The summed E-state index contributed by atoms with van der Waals surface area (Å²) in [5, 5.41) is 11.6. The van der Waals surface area contributed by atoms with Gasteiger partial charge in [0.05, 0.1) is 0 Å². The van der Waals surface area contributed by atoms with Gasteiger partial charge in [0, 0.05) is 27.9 Å². The molecule has 4 aliphatic carbocycles. The molecule has 0 amide bonds. The van der Waals surface area contributed by atoms with Gasteiger partial charge in [0.1, 0.15) is 12.2 Å². The number of hydrogen-bond donors (Lipinski definition) is 1. The predicted molar refractivity (Wildman–Crippen MR) is 116 cm³/mol. The van der Waals surface area contributed by atoms with E-state index in [-0.39, 0.29) is 17.6 Å². The van der Waals surface area contributed by atoms with Crippen molar-refractivity contribution >= 4 is 17.7 Å². The van der Waals surface area contributed by atoms with Crippen LogP contribution in [0.5, 0.6) is 0 Å². The number of carbonyl (C=O) groups excluding carboxylic acids is 3. The molecule has 1 N–H and O–H groups in total. The van der Waals surface area contributed by atoms with Crippen LogP contribution in [0.3, 0.4) is 0 Å². The number of allylic oxidation sites excluding steroid dienone is 4. The van der Waals surface area contributed by atoms with Crippen molar-refractivity contribution in [1.29, 1.82) is 0 Å². The van der Waals surface area contributed by atoms with Crippen molar-refractivity contribution in [3.05, 3.63) is 34.9 Å². The molecule has 0 aromatic rings. The number of carbonyl (C=O) groups is 3. The molecule has 31 heavy (non-hydrogen) atoms. The zero-order valence-corrected chi connectivity index (χ0v) is 19.7. The molecule has 6 heteroatoms. The number of rotatable bonds is 4. The lowest BCUT2D eigenvalue weighted by Crippen LogP contribution is -2.68. The fourth-order valence-corrected chi connectivity index (χ4v) is 6.07. The Balaban J connectivity index is 2.14. The molecule has 0 spiro atoms. The number of ketones is 1. The van der Waals surface area contributed by atoms with E-state index in [4.69, 9.17) is 9.47 Å². The number of esters is 2. The predicted octanol–water partition coefficient (Wildman–Crippen LogP) is 3.54. The maximum atomic E-state index is 13.0. The minimum atomic E-state index is -1.16. The lowest BCUT2D eigenvalue weighted by Gasteiger charge is -2.65. The first-order valence-corrected chi connectivity index (χ1v) is 10.9. The molecule has 4 bridgehead atoms. The summed E-state index contributed by atoms with van der Waals surface area (Å²) in [4.78, 5) is 38.4. The number of hydrogen-bond acceptors (Lipinski definition) is 6. The molecule has 0 unspecified atom stereocenters. The quantitative estimate of drug-likeness (QED) is 0.542. The molecule has 3 fully saturated rings. The first-order valence-electron chi connectivity index (χ1n) is 10.9. The van der Waals surface area contributed by atoms with Crippen molar-refractivity contribution < 1.29 is 29.0 Å².